The van der Waals surface area contributed by atoms with Crippen molar-refractivity contribution in [3.63, 3.8) is 0 Å². The van der Waals surface area contributed by atoms with E-state index in [1.807, 2.05) is 6.07 Å². The molecule has 132 valence electrons. The van der Waals surface area contributed by atoms with Crippen LogP contribution < -0.4 is 10.1 Å². The van der Waals surface area contributed by atoms with Gasteiger partial charge in [-0.1, -0.05) is 12.7 Å². The maximum absolute atomic E-state index is 12.9. The predicted molar refractivity (Wildman–Crippen MR) is 106 cm³/mol. The summed E-state index contributed by atoms with van der Waals surface area (Å²) in [4.78, 5) is 12.3. The van der Waals surface area contributed by atoms with Crippen LogP contribution >= 0.6 is 31.9 Å². The number of hydrogen-bond donors (Lipinski definition) is 1. The van der Waals surface area contributed by atoms with E-state index >= 15 is 0 Å². The maximum atomic E-state index is 12.9. The zero-order valence-electron chi connectivity index (χ0n) is 13.4. The van der Waals surface area contributed by atoms with Crippen molar-refractivity contribution in [1.29, 1.82) is 5.26 Å². The van der Waals surface area contributed by atoms with E-state index < -0.39 is 11.7 Å². The first-order valence-corrected chi connectivity index (χ1v) is 8.94. The lowest BCUT2D eigenvalue weighted by atomic mass is 10.1. The molecule has 0 fully saturated rings. The number of rotatable bonds is 6. The number of benzene rings is 2. The maximum Gasteiger partial charge on any atom is 0.266 e. The highest BCUT2D eigenvalue weighted by Crippen LogP contribution is 2.35. The Kier molecular flexibility index (Phi) is 7.13. The van der Waals surface area contributed by atoms with Gasteiger partial charge in [-0.3, -0.25) is 4.79 Å². The van der Waals surface area contributed by atoms with Crippen molar-refractivity contribution in [3.8, 4) is 11.8 Å². The molecular weight excluding hydrogens is 467 g/mol. The number of amides is 1. The van der Waals surface area contributed by atoms with Gasteiger partial charge in [0, 0.05) is 5.69 Å². The average molecular weight is 480 g/mol. The van der Waals surface area contributed by atoms with E-state index in [0.717, 1.165) is 0 Å². The quantitative estimate of drug-likeness (QED) is 0.340. The molecule has 7 heteroatoms. The highest BCUT2D eigenvalue weighted by molar-refractivity contribution is 9.11. The molecule has 0 aromatic heterocycles. The van der Waals surface area contributed by atoms with Crippen LogP contribution in [0.25, 0.3) is 6.08 Å². The number of halogens is 3. The summed E-state index contributed by atoms with van der Waals surface area (Å²) in [7, 11) is 0. The number of nitriles is 1. The van der Waals surface area contributed by atoms with Gasteiger partial charge in [0.05, 0.1) is 8.95 Å². The molecule has 0 unspecified atom stereocenters. The second-order valence-corrected chi connectivity index (χ2v) is 6.75. The lowest BCUT2D eigenvalue weighted by Gasteiger charge is -2.10. The molecule has 26 heavy (non-hydrogen) atoms. The number of anilines is 1. The minimum atomic E-state index is -0.585. The van der Waals surface area contributed by atoms with E-state index in [0.29, 0.717) is 32.6 Å². The van der Waals surface area contributed by atoms with Crippen LogP contribution in [0, 0.1) is 17.1 Å². The fourth-order valence-electron chi connectivity index (χ4n) is 1.99. The molecule has 0 atom stereocenters. The monoisotopic (exact) mass is 478 g/mol. The third-order valence-corrected chi connectivity index (χ3v) is 4.32. The van der Waals surface area contributed by atoms with E-state index in [4.69, 9.17) is 4.74 Å². The fourth-order valence-corrected chi connectivity index (χ4v) is 3.44. The molecule has 0 saturated carbocycles. The SMILES string of the molecule is C=CCOc1c(Br)cc(/C=C(\C#N)C(=O)Nc2ccc(F)cc2)cc1Br. The zero-order chi connectivity index (χ0) is 19.1. The molecule has 1 N–H and O–H groups in total. The van der Waals surface area contributed by atoms with Gasteiger partial charge in [0.2, 0.25) is 0 Å². The van der Waals surface area contributed by atoms with E-state index in [2.05, 4.69) is 43.8 Å². The van der Waals surface area contributed by atoms with Crippen molar-refractivity contribution in [3.05, 3.63) is 75.0 Å². The molecule has 2 aromatic carbocycles. The summed E-state index contributed by atoms with van der Waals surface area (Å²) in [5.41, 5.74) is 0.932. The van der Waals surface area contributed by atoms with Crippen molar-refractivity contribution in [2.24, 2.45) is 0 Å². The van der Waals surface area contributed by atoms with Crippen molar-refractivity contribution in [2.75, 3.05) is 11.9 Å². The first kappa shape index (κ1) is 19.9. The highest BCUT2D eigenvalue weighted by atomic mass is 79.9. The van der Waals surface area contributed by atoms with Crippen LogP contribution in [-0.2, 0) is 4.79 Å². The molecule has 0 radical (unpaired) electrons. The van der Waals surface area contributed by atoms with Gasteiger partial charge < -0.3 is 10.1 Å². The summed E-state index contributed by atoms with van der Waals surface area (Å²) < 4.78 is 19.8. The zero-order valence-corrected chi connectivity index (χ0v) is 16.6. The summed E-state index contributed by atoms with van der Waals surface area (Å²) in [5, 5.41) is 11.8. The Morgan fingerprint density at radius 3 is 2.42 bits per heavy atom. The smallest absolute Gasteiger partial charge is 0.266 e. The molecule has 0 spiro atoms. The number of carbonyl (C=O) groups excluding carboxylic acids is 1. The summed E-state index contributed by atoms with van der Waals surface area (Å²) in [5.74, 6) is -0.401. The van der Waals surface area contributed by atoms with Gasteiger partial charge in [0.1, 0.15) is 29.8 Å². The molecule has 1 amide bonds. The van der Waals surface area contributed by atoms with Crippen molar-refractivity contribution < 1.29 is 13.9 Å². The summed E-state index contributed by atoms with van der Waals surface area (Å²) in [6.45, 7) is 3.94. The Labute approximate surface area is 167 Å². The topological polar surface area (TPSA) is 62.1 Å². The Morgan fingerprint density at radius 2 is 1.88 bits per heavy atom. The third-order valence-electron chi connectivity index (χ3n) is 3.14. The van der Waals surface area contributed by atoms with E-state index in [1.54, 1.807) is 18.2 Å². The first-order valence-electron chi connectivity index (χ1n) is 7.36. The molecule has 0 aliphatic heterocycles. The predicted octanol–water partition coefficient (Wildman–Crippen LogP) is 5.46. The van der Waals surface area contributed by atoms with Gasteiger partial charge in [0.25, 0.3) is 5.91 Å². The Balaban J connectivity index is 2.24. The van der Waals surface area contributed by atoms with Crippen molar-refractivity contribution in [2.45, 2.75) is 0 Å². The highest BCUT2D eigenvalue weighted by Gasteiger charge is 2.12. The van der Waals surface area contributed by atoms with Crippen LogP contribution in [0.2, 0.25) is 0 Å². The number of nitrogens with one attached hydrogen (secondary N) is 1. The second-order valence-electron chi connectivity index (χ2n) is 5.04. The van der Waals surface area contributed by atoms with Crippen LogP contribution in [0.3, 0.4) is 0 Å². The summed E-state index contributed by atoms with van der Waals surface area (Å²) in [6.07, 6.45) is 3.08. The van der Waals surface area contributed by atoms with Crippen molar-refractivity contribution >= 4 is 49.5 Å². The Morgan fingerprint density at radius 1 is 1.27 bits per heavy atom. The van der Waals surface area contributed by atoms with Crippen molar-refractivity contribution in [1.82, 2.24) is 0 Å². The lowest BCUT2D eigenvalue weighted by molar-refractivity contribution is -0.112. The molecule has 0 heterocycles. The average Bonchev–Trinajstić information content (AvgIpc) is 2.61. The standard InChI is InChI=1S/C19H13Br2FN2O2/c1-2-7-26-18-16(20)9-12(10-17(18)21)8-13(11-23)19(25)24-15-5-3-14(22)4-6-15/h2-6,8-10H,1,7H2,(H,24,25)/b13-8+. The molecule has 0 saturated heterocycles. The fraction of sp³-hybridized carbons (Fsp3) is 0.0526. The van der Waals surface area contributed by atoms with E-state index in [9.17, 15) is 14.4 Å². The lowest BCUT2D eigenvalue weighted by Crippen LogP contribution is -2.13. The molecule has 0 aliphatic rings. The van der Waals surface area contributed by atoms with Crippen LogP contribution in [0.15, 0.2) is 63.6 Å². The molecule has 0 aliphatic carbocycles. The Bertz CT molecular complexity index is 880. The number of carbonyl (C=O) groups is 1. The normalized spacial score (nSPS) is 10.8. The minimum Gasteiger partial charge on any atom is -0.487 e. The van der Waals surface area contributed by atoms with Crippen LogP contribution in [0.1, 0.15) is 5.56 Å². The number of hydrogen-bond acceptors (Lipinski definition) is 3. The van der Waals surface area contributed by atoms with Crippen LogP contribution in [0.4, 0.5) is 10.1 Å². The number of nitrogens with zero attached hydrogens (tertiary/aromatic N) is 1. The number of ether oxygens (including phenoxy) is 1. The van der Waals surface area contributed by atoms with Gasteiger partial charge in [0.15, 0.2) is 0 Å². The van der Waals surface area contributed by atoms with E-state index in [1.165, 1.54) is 30.3 Å². The van der Waals surface area contributed by atoms with Gasteiger partial charge in [-0.2, -0.15) is 5.26 Å². The first-order chi connectivity index (χ1) is 12.4. The van der Waals surface area contributed by atoms with Crippen LogP contribution in [-0.4, -0.2) is 12.5 Å². The van der Waals surface area contributed by atoms with Gasteiger partial charge in [-0.25, -0.2) is 4.39 Å². The van der Waals surface area contributed by atoms with Gasteiger partial charge in [-0.15, -0.1) is 0 Å². The van der Waals surface area contributed by atoms with Gasteiger partial charge >= 0.3 is 0 Å². The van der Waals surface area contributed by atoms with Crippen LogP contribution in [0.5, 0.6) is 5.75 Å². The minimum absolute atomic E-state index is 0.0899. The Hall–Kier alpha value is -2.43. The van der Waals surface area contributed by atoms with E-state index in [-0.39, 0.29) is 5.57 Å². The molecular formula is C19H13Br2FN2O2. The summed E-state index contributed by atoms with van der Waals surface area (Å²) in [6, 6.07) is 10.6. The largest absolute Gasteiger partial charge is 0.487 e. The second kappa shape index (κ2) is 9.32. The van der Waals surface area contributed by atoms with Gasteiger partial charge in [-0.05, 0) is 79.9 Å². The third kappa shape index (κ3) is 5.28. The molecule has 4 nitrogen and oxygen atoms in total. The summed E-state index contributed by atoms with van der Waals surface area (Å²) >= 11 is 6.80. The molecule has 0 bridgehead atoms. The molecule has 2 aromatic rings. The molecule has 2 rings (SSSR count).